The molecule has 4 rings (SSSR count). The maximum absolute atomic E-state index is 12.5. The number of carbonyl (C=O) groups is 1. The molecular weight excluding hydrogens is 424 g/mol. The van der Waals surface area contributed by atoms with E-state index in [1.807, 2.05) is 30.3 Å². The van der Waals surface area contributed by atoms with Crippen molar-refractivity contribution in [3.8, 4) is 22.9 Å². The summed E-state index contributed by atoms with van der Waals surface area (Å²) in [6, 6.07) is 12.6. The van der Waals surface area contributed by atoms with E-state index in [9.17, 15) is 14.9 Å². The smallest absolute Gasteiger partial charge is 0.419 e. The van der Waals surface area contributed by atoms with Crippen LogP contribution in [-0.2, 0) is 23.0 Å². The third-order valence-corrected chi connectivity index (χ3v) is 5.75. The molecule has 0 aliphatic carbocycles. The molecule has 1 fully saturated rings. The maximum atomic E-state index is 12.5. The molecule has 2 atom stereocenters. The average molecular weight is 450 g/mol. The van der Waals surface area contributed by atoms with E-state index in [0.29, 0.717) is 36.4 Å². The molecule has 1 saturated heterocycles. The Morgan fingerprint density at radius 1 is 1.33 bits per heavy atom. The lowest BCUT2D eigenvalue weighted by molar-refractivity contribution is -0.132. The zero-order valence-corrected chi connectivity index (χ0v) is 18.6. The molecule has 0 radical (unpaired) electrons. The second-order valence-electron chi connectivity index (χ2n) is 7.95. The molecule has 1 aliphatic heterocycles. The molecule has 2 aromatic carbocycles. The lowest BCUT2D eigenvalue weighted by Crippen LogP contribution is -2.46. The van der Waals surface area contributed by atoms with Gasteiger partial charge in [-0.15, -0.1) is 0 Å². The predicted molar refractivity (Wildman–Crippen MR) is 122 cm³/mol. The number of aryl methyl sites for hydroxylation is 1. The van der Waals surface area contributed by atoms with E-state index in [-0.39, 0.29) is 5.91 Å². The van der Waals surface area contributed by atoms with Gasteiger partial charge in [0.2, 0.25) is 0 Å². The largest absolute Gasteiger partial charge is 0.496 e. The Morgan fingerprint density at radius 3 is 2.91 bits per heavy atom. The number of nitrogens with zero attached hydrogens (tertiary/aromatic N) is 2. The summed E-state index contributed by atoms with van der Waals surface area (Å²) < 4.78 is 17.8. The van der Waals surface area contributed by atoms with Crippen molar-refractivity contribution in [2.75, 3.05) is 26.8 Å². The molecule has 9 heteroatoms. The number of hydrogen-bond donors (Lipinski definition) is 2. The second kappa shape index (κ2) is 9.90. The van der Waals surface area contributed by atoms with Crippen molar-refractivity contribution < 1.29 is 18.7 Å². The highest BCUT2D eigenvalue weighted by Gasteiger charge is 2.24. The first kappa shape index (κ1) is 22.6. The van der Waals surface area contributed by atoms with Gasteiger partial charge in [0, 0.05) is 26.6 Å². The van der Waals surface area contributed by atoms with E-state index in [2.05, 4.69) is 16.7 Å². The molecule has 2 heterocycles. The first-order chi connectivity index (χ1) is 16.0. The zero-order valence-electron chi connectivity index (χ0n) is 18.6. The molecule has 0 saturated carbocycles. The van der Waals surface area contributed by atoms with Crippen molar-refractivity contribution in [3.63, 3.8) is 0 Å². The molecule has 33 heavy (non-hydrogen) atoms. The van der Waals surface area contributed by atoms with Crippen LogP contribution in [0, 0.1) is 11.3 Å². The Bertz CT molecular complexity index is 1250. The topological polar surface area (TPSA) is 119 Å². The summed E-state index contributed by atoms with van der Waals surface area (Å²) in [6.07, 6.45) is 0.529. The molecule has 0 spiro atoms. The van der Waals surface area contributed by atoms with Crippen LogP contribution >= 0.6 is 0 Å². The second-order valence-corrected chi connectivity index (χ2v) is 7.95. The van der Waals surface area contributed by atoms with Crippen LogP contribution in [0.3, 0.4) is 0 Å². The van der Waals surface area contributed by atoms with Crippen molar-refractivity contribution in [1.82, 2.24) is 15.2 Å². The third kappa shape index (κ3) is 4.92. The summed E-state index contributed by atoms with van der Waals surface area (Å²) in [6.45, 7) is 1.74. The number of oxazole rings is 1. The molecule has 0 bridgehead atoms. The minimum absolute atomic E-state index is 0.293. The summed E-state index contributed by atoms with van der Waals surface area (Å²) in [5, 5.41) is 15.6. The highest BCUT2D eigenvalue weighted by molar-refractivity contribution is 5.82. The quantitative estimate of drug-likeness (QED) is 0.587. The van der Waals surface area contributed by atoms with E-state index < -0.39 is 17.9 Å². The van der Waals surface area contributed by atoms with Crippen LogP contribution in [0.2, 0.25) is 0 Å². The van der Waals surface area contributed by atoms with E-state index in [1.54, 1.807) is 20.2 Å². The van der Waals surface area contributed by atoms with Gasteiger partial charge in [-0.1, -0.05) is 18.2 Å². The van der Waals surface area contributed by atoms with Crippen LogP contribution in [0.15, 0.2) is 45.6 Å². The fraction of sp³-hybridized carbons (Fsp3) is 0.375. The summed E-state index contributed by atoms with van der Waals surface area (Å²) in [5.41, 5.74) is 3.80. The van der Waals surface area contributed by atoms with Gasteiger partial charge in [0.1, 0.15) is 17.9 Å². The number of fused-ring (bicyclic) bond motifs is 1. The highest BCUT2D eigenvalue weighted by atomic mass is 16.5. The first-order valence-electron chi connectivity index (χ1n) is 10.8. The summed E-state index contributed by atoms with van der Waals surface area (Å²) in [5.74, 6) is -0.106. The van der Waals surface area contributed by atoms with E-state index in [1.165, 1.54) is 4.57 Å². The monoisotopic (exact) mass is 450 g/mol. The molecule has 9 nitrogen and oxygen atoms in total. The summed E-state index contributed by atoms with van der Waals surface area (Å²) in [4.78, 5) is 24.3. The van der Waals surface area contributed by atoms with Crippen LogP contribution in [0.4, 0.5) is 0 Å². The SMILES string of the molecule is COc1cc(-c2ccc3oc(=O)n(C)c3c2)ccc1C[C@@H](C#N)NC(=O)C1CNCCCO1. The Hall–Kier alpha value is -3.61. The molecule has 1 aliphatic rings. The lowest BCUT2D eigenvalue weighted by atomic mass is 9.99. The van der Waals surface area contributed by atoms with Crippen molar-refractivity contribution in [3.05, 3.63) is 52.5 Å². The number of carbonyl (C=O) groups excluding carboxylic acids is 1. The van der Waals surface area contributed by atoms with Crippen LogP contribution in [0.25, 0.3) is 22.2 Å². The van der Waals surface area contributed by atoms with Gasteiger partial charge in [0.25, 0.3) is 5.91 Å². The standard InChI is InChI=1S/C24H26N4O5/c1-28-19-11-15(6-7-20(19)33-24(28)30)16-4-5-17(21(12-16)31-2)10-18(13-25)27-23(29)22-14-26-8-3-9-32-22/h4-7,11-12,18,22,26H,3,8-10,14H2,1-2H3,(H,27,29)/t18-,22?/m0/s1. The van der Waals surface area contributed by atoms with Crippen LogP contribution < -0.4 is 21.1 Å². The number of nitriles is 1. The molecule has 172 valence electrons. The summed E-state index contributed by atoms with van der Waals surface area (Å²) >= 11 is 0. The van der Waals surface area contributed by atoms with Crippen molar-refractivity contribution in [2.24, 2.45) is 7.05 Å². The number of hydrogen-bond acceptors (Lipinski definition) is 7. The van der Waals surface area contributed by atoms with E-state index in [0.717, 1.165) is 29.7 Å². The van der Waals surface area contributed by atoms with Gasteiger partial charge in [-0.05, 0) is 47.9 Å². The van der Waals surface area contributed by atoms with Crippen LogP contribution in [0.1, 0.15) is 12.0 Å². The van der Waals surface area contributed by atoms with Crippen molar-refractivity contribution in [1.29, 1.82) is 5.26 Å². The van der Waals surface area contributed by atoms with Crippen molar-refractivity contribution >= 4 is 17.0 Å². The maximum Gasteiger partial charge on any atom is 0.419 e. The first-order valence-corrected chi connectivity index (χ1v) is 10.8. The average Bonchev–Trinajstić information content (AvgIpc) is 3.01. The lowest BCUT2D eigenvalue weighted by Gasteiger charge is -2.19. The number of aromatic nitrogens is 1. The Labute approximate surface area is 190 Å². The van der Waals surface area contributed by atoms with E-state index >= 15 is 0 Å². The molecule has 1 unspecified atom stereocenters. The number of nitrogens with one attached hydrogen (secondary N) is 2. The van der Waals surface area contributed by atoms with Gasteiger partial charge in [0.05, 0.1) is 18.7 Å². The molecular formula is C24H26N4O5. The van der Waals surface area contributed by atoms with Gasteiger partial charge >= 0.3 is 5.76 Å². The van der Waals surface area contributed by atoms with E-state index in [4.69, 9.17) is 13.9 Å². The number of ether oxygens (including phenoxy) is 2. The molecule has 1 aromatic heterocycles. The fourth-order valence-electron chi connectivity index (χ4n) is 3.90. The minimum Gasteiger partial charge on any atom is -0.496 e. The third-order valence-electron chi connectivity index (χ3n) is 5.75. The number of rotatable bonds is 6. The normalized spacial score (nSPS) is 17.2. The van der Waals surface area contributed by atoms with Crippen molar-refractivity contribution in [2.45, 2.75) is 25.0 Å². The predicted octanol–water partition coefficient (Wildman–Crippen LogP) is 1.74. The Balaban J connectivity index is 1.52. The van der Waals surface area contributed by atoms with Gasteiger partial charge in [-0.2, -0.15) is 5.26 Å². The zero-order chi connectivity index (χ0) is 23.4. The van der Waals surface area contributed by atoms with Gasteiger partial charge in [0.15, 0.2) is 5.58 Å². The Morgan fingerprint density at radius 2 is 2.12 bits per heavy atom. The van der Waals surface area contributed by atoms with Crippen LogP contribution in [0.5, 0.6) is 5.75 Å². The number of methoxy groups -OCH3 is 1. The minimum atomic E-state index is -0.721. The number of amides is 1. The molecule has 2 N–H and O–H groups in total. The number of benzene rings is 2. The Kier molecular flexibility index (Phi) is 6.77. The fourth-order valence-corrected chi connectivity index (χ4v) is 3.90. The molecule has 3 aromatic rings. The van der Waals surface area contributed by atoms with Gasteiger partial charge in [-0.25, -0.2) is 4.79 Å². The van der Waals surface area contributed by atoms with Gasteiger partial charge < -0.3 is 24.5 Å². The van der Waals surface area contributed by atoms with Crippen LogP contribution in [-0.4, -0.2) is 49.4 Å². The highest BCUT2D eigenvalue weighted by Crippen LogP contribution is 2.30. The van der Waals surface area contributed by atoms with Gasteiger partial charge in [-0.3, -0.25) is 9.36 Å². The summed E-state index contributed by atoms with van der Waals surface area (Å²) in [7, 11) is 3.23. The molecule has 1 amide bonds.